The van der Waals surface area contributed by atoms with Gasteiger partial charge in [-0.05, 0) is 12.8 Å². The molecule has 0 N–H and O–H groups in total. The Morgan fingerprint density at radius 3 is 1.71 bits per heavy atom. The van der Waals surface area contributed by atoms with Gasteiger partial charge in [-0.2, -0.15) is 0 Å². The van der Waals surface area contributed by atoms with Crippen molar-refractivity contribution >= 4 is 5.97 Å². The van der Waals surface area contributed by atoms with Gasteiger partial charge in [0.1, 0.15) is 0 Å². The summed E-state index contributed by atoms with van der Waals surface area (Å²) in [5.74, 6) is 0.270. The number of cyclic esters (lactones) is 1. The number of hydrogen-bond donors (Lipinski definition) is 0. The van der Waals surface area contributed by atoms with Crippen LogP contribution < -0.4 is 0 Å². The molecule has 1 atom stereocenters. The zero-order valence-corrected chi connectivity index (χ0v) is 14.2. The Morgan fingerprint density at radius 2 is 1.29 bits per heavy atom. The van der Waals surface area contributed by atoms with E-state index >= 15 is 0 Å². The van der Waals surface area contributed by atoms with Crippen LogP contribution in [0.2, 0.25) is 0 Å². The average Bonchev–Trinajstić information content (AvgIpc) is 2.89. The zero-order valence-electron chi connectivity index (χ0n) is 14.2. The van der Waals surface area contributed by atoms with Gasteiger partial charge in [-0.25, -0.2) is 0 Å². The lowest BCUT2D eigenvalue weighted by Crippen LogP contribution is -2.06. The van der Waals surface area contributed by atoms with Gasteiger partial charge in [-0.15, -0.1) is 0 Å². The second kappa shape index (κ2) is 13.2. The molecule has 2 nitrogen and oxygen atoms in total. The van der Waals surface area contributed by atoms with Crippen molar-refractivity contribution in [3.05, 3.63) is 0 Å². The van der Waals surface area contributed by atoms with Crippen molar-refractivity contribution in [2.24, 2.45) is 5.92 Å². The maximum atomic E-state index is 11.3. The monoisotopic (exact) mass is 296 g/mol. The molecule has 1 saturated heterocycles. The summed E-state index contributed by atoms with van der Waals surface area (Å²) < 4.78 is 4.99. The van der Waals surface area contributed by atoms with Gasteiger partial charge >= 0.3 is 5.97 Å². The lowest BCUT2D eigenvalue weighted by atomic mass is 9.99. The summed E-state index contributed by atoms with van der Waals surface area (Å²) >= 11 is 0. The van der Waals surface area contributed by atoms with Crippen LogP contribution in [0, 0.1) is 5.92 Å². The summed E-state index contributed by atoms with van der Waals surface area (Å²) in [7, 11) is 0. The van der Waals surface area contributed by atoms with Crippen LogP contribution in [0.1, 0.15) is 103 Å². The van der Waals surface area contributed by atoms with Crippen LogP contribution in [-0.2, 0) is 9.53 Å². The molecule has 0 saturated carbocycles. The highest BCUT2D eigenvalue weighted by Gasteiger charge is 2.25. The van der Waals surface area contributed by atoms with Gasteiger partial charge in [0.05, 0.1) is 12.5 Å². The summed E-state index contributed by atoms with van der Waals surface area (Å²) in [5, 5.41) is 0. The highest BCUT2D eigenvalue weighted by molar-refractivity contribution is 5.73. The number of unbranched alkanes of at least 4 members (excludes halogenated alkanes) is 12. The van der Waals surface area contributed by atoms with E-state index in [4.69, 9.17) is 4.74 Å². The SMILES string of the molecule is CCCCCCCCCCCCCCCC1CCOC1=O. The standard InChI is InChI=1S/C19H36O2/c1-2-3-4-5-6-7-8-9-10-11-12-13-14-15-18-16-17-21-19(18)20/h18H,2-17H2,1H3. The van der Waals surface area contributed by atoms with E-state index in [0.717, 1.165) is 12.8 Å². The molecule has 1 fully saturated rings. The van der Waals surface area contributed by atoms with Crippen LogP contribution in [-0.4, -0.2) is 12.6 Å². The summed E-state index contributed by atoms with van der Waals surface area (Å²) in [4.78, 5) is 11.3. The van der Waals surface area contributed by atoms with Crippen molar-refractivity contribution in [3.8, 4) is 0 Å². The Hall–Kier alpha value is -0.530. The van der Waals surface area contributed by atoms with Crippen molar-refractivity contribution < 1.29 is 9.53 Å². The van der Waals surface area contributed by atoms with Crippen LogP contribution in [0.15, 0.2) is 0 Å². The Kier molecular flexibility index (Phi) is 11.6. The zero-order chi connectivity index (χ0) is 15.2. The van der Waals surface area contributed by atoms with E-state index in [0.29, 0.717) is 6.61 Å². The molecule has 0 aromatic heterocycles. The molecule has 0 amide bonds. The average molecular weight is 296 g/mol. The molecule has 0 aromatic rings. The van der Waals surface area contributed by atoms with Gasteiger partial charge in [0.2, 0.25) is 0 Å². The lowest BCUT2D eigenvalue weighted by molar-refractivity contribution is -0.141. The molecule has 0 spiro atoms. The minimum atomic E-state index is 0.0499. The smallest absolute Gasteiger partial charge is 0.309 e. The number of carbonyl (C=O) groups is 1. The van der Waals surface area contributed by atoms with Crippen molar-refractivity contribution in [2.75, 3.05) is 6.61 Å². The lowest BCUT2D eigenvalue weighted by Gasteiger charge is -2.05. The summed E-state index contributed by atoms with van der Waals surface area (Å²) in [6.07, 6.45) is 20.0. The fraction of sp³-hybridized carbons (Fsp3) is 0.947. The van der Waals surface area contributed by atoms with E-state index in [1.54, 1.807) is 0 Å². The molecule has 21 heavy (non-hydrogen) atoms. The summed E-state index contributed by atoms with van der Waals surface area (Å²) in [6.45, 7) is 2.93. The van der Waals surface area contributed by atoms with Gasteiger partial charge in [-0.1, -0.05) is 90.4 Å². The minimum absolute atomic E-state index is 0.0499. The van der Waals surface area contributed by atoms with E-state index in [1.807, 2.05) is 0 Å². The number of rotatable bonds is 14. The molecule has 0 radical (unpaired) electrons. The number of hydrogen-bond acceptors (Lipinski definition) is 2. The molecule has 1 unspecified atom stereocenters. The van der Waals surface area contributed by atoms with Crippen LogP contribution in [0.5, 0.6) is 0 Å². The topological polar surface area (TPSA) is 26.3 Å². The van der Waals surface area contributed by atoms with Gasteiger partial charge in [-0.3, -0.25) is 4.79 Å². The predicted molar refractivity (Wildman–Crippen MR) is 89.4 cm³/mol. The molecule has 1 aliphatic heterocycles. The second-order valence-corrected chi connectivity index (χ2v) is 6.68. The number of ether oxygens (including phenoxy) is 1. The normalized spacial score (nSPS) is 18.1. The molecular formula is C19H36O2. The van der Waals surface area contributed by atoms with Crippen molar-refractivity contribution in [3.63, 3.8) is 0 Å². The first-order valence-electron chi connectivity index (χ1n) is 9.51. The molecule has 1 rings (SSSR count). The van der Waals surface area contributed by atoms with Gasteiger partial charge in [0.15, 0.2) is 0 Å². The molecule has 1 aliphatic rings. The fourth-order valence-electron chi connectivity index (χ4n) is 3.21. The highest BCUT2D eigenvalue weighted by Crippen LogP contribution is 2.21. The first-order chi connectivity index (χ1) is 10.3. The van der Waals surface area contributed by atoms with Gasteiger partial charge in [0.25, 0.3) is 0 Å². The number of esters is 1. The van der Waals surface area contributed by atoms with Gasteiger partial charge in [0, 0.05) is 0 Å². The van der Waals surface area contributed by atoms with Crippen LogP contribution in [0.25, 0.3) is 0 Å². The van der Waals surface area contributed by atoms with Crippen LogP contribution in [0.3, 0.4) is 0 Å². The van der Waals surface area contributed by atoms with E-state index in [9.17, 15) is 4.79 Å². The maximum Gasteiger partial charge on any atom is 0.309 e. The summed E-state index contributed by atoms with van der Waals surface area (Å²) in [6, 6.07) is 0. The molecule has 0 aromatic carbocycles. The van der Waals surface area contributed by atoms with E-state index < -0.39 is 0 Å². The second-order valence-electron chi connectivity index (χ2n) is 6.68. The largest absolute Gasteiger partial charge is 0.465 e. The van der Waals surface area contributed by atoms with Gasteiger partial charge < -0.3 is 4.74 Å². The Morgan fingerprint density at radius 1 is 0.810 bits per heavy atom. The first-order valence-corrected chi connectivity index (χ1v) is 9.51. The third-order valence-electron chi connectivity index (χ3n) is 4.70. The van der Waals surface area contributed by atoms with Crippen LogP contribution >= 0.6 is 0 Å². The van der Waals surface area contributed by atoms with Crippen molar-refractivity contribution in [2.45, 2.75) is 103 Å². The Labute approximate surface area is 132 Å². The molecular weight excluding hydrogens is 260 g/mol. The predicted octanol–water partition coefficient (Wildman–Crippen LogP) is 6.03. The highest BCUT2D eigenvalue weighted by atomic mass is 16.5. The fourth-order valence-corrected chi connectivity index (χ4v) is 3.21. The third-order valence-corrected chi connectivity index (χ3v) is 4.70. The van der Waals surface area contributed by atoms with Crippen molar-refractivity contribution in [1.82, 2.24) is 0 Å². The Balaban J connectivity index is 1.72. The molecule has 124 valence electrons. The molecule has 0 aliphatic carbocycles. The van der Waals surface area contributed by atoms with Crippen LogP contribution in [0.4, 0.5) is 0 Å². The van der Waals surface area contributed by atoms with Crippen molar-refractivity contribution in [1.29, 1.82) is 0 Å². The maximum absolute atomic E-state index is 11.3. The third kappa shape index (κ3) is 9.92. The molecule has 1 heterocycles. The summed E-state index contributed by atoms with van der Waals surface area (Å²) in [5.41, 5.74) is 0. The molecule has 0 bridgehead atoms. The number of carbonyl (C=O) groups excluding carboxylic acids is 1. The quantitative estimate of drug-likeness (QED) is 0.289. The Bertz CT molecular complexity index is 250. The van der Waals surface area contributed by atoms with E-state index in [2.05, 4.69) is 6.92 Å². The first kappa shape index (κ1) is 18.5. The van der Waals surface area contributed by atoms with E-state index in [-0.39, 0.29) is 11.9 Å². The minimum Gasteiger partial charge on any atom is -0.465 e. The molecule has 2 heteroatoms. The van der Waals surface area contributed by atoms with E-state index in [1.165, 1.54) is 83.5 Å².